The molecular weight excluding hydrogens is 292 g/mol. The highest BCUT2D eigenvalue weighted by Gasteiger charge is 2.15. The van der Waals surface area contributed by atoms with Crippen LogP contribution in [0.3, 0.4) is 0 Å². The zero-order chi connectivity index (χ0) is 14.6. The molecule has 0 aliphatic carbocycles. The third kappa shape index (κ3) is 4.60. The van der Waals surface area contributed by atoms with Gasteiger partial charge in [0.2, 0.25) is 10.0 Å². The molecule has 0 radical (unpaired) electrons. The predicted octanol–water partition coefficient (Wildman–Crippen LogP) is 1.54. The molecule has 0 atom stereocenters. The maximum absolute atomic E-state index is 11.8. The van der Waals surface area contributed by atoms with Crippen molar-refractivity contribution >= 4 is 39.0 Å². The Hall–Kier alpha value is -1.47. The SMILES string of the molecule is COC(=O)CCS(=O)(=O)Nc1cc(Cl)c(N)cc1C. The second-order valence-electron chi connectivity index (χ2n) is 3.94. The zero-order valence-electron chi connectivity index (χ0n) is 10.6. The van der Waals surface area contributed by atoms with Gasteiger partial charge in [-0.25, -0.2) is 8.42 Å². The molecule has 0 fully saturated rings. The molecule has 1 aromatic rings. The summed E-state index contributed by atoms with van der Waals surface area (Å²) in [7, 11) is -2.44. The average Bonchev–Trinajstić information content (AvgIpc) is 2.33. The van der Waals surface area contributed by atoms with Gasteiger partial charge in [-0.3, -0.25) is 9.52 Å². The number of carbonyl (C=O) groups excluding carboxylic acids is 1. The van der Waals surface area contributed by atoms with E-state index >= 15 is 0 Å². The van der Waals surface area contributed by atoms with E-state index in [-0.39, 0.29) is 17.2 Å². The molecule has 1 aromatic carbocycles. The summed E-state index contributed by atoms with van der Waals surface area (Å²) >= 11 is 5.83. The van der Waals surface area contributed by atoms with Crippen LogP contribution < -0.4 is 10.5 Å². The topological polar surface area (TPSA) is 98.5 Å². The number of nitrogens with one attached hydrogen (secondary N) is 1. The van der Waals surface area contributed by atoms with Crippen LogP contribution >= 0.6 is 11.6 Å². The Bertz CT molecular complexity index is 587. The molecule has 0 saturated carbocycles. The highest BCUT2D eigenvalue weighted by molar-refractivity contribution is 7.92. The number of benzene rings is 1. The first kappa shape index (κ1) is 15.6. The van der Waals surface area contributed by atoms with Gasteiger partial charge in [0.25, 0.3) is 0 Å². The van der Waals surface area contributed by atoms with E-state index in [2.05, 4.69) is 9.46 Å². The van der Waals surface area contributed by atoms with Crippen molar-refractivity contribution in [3.63, 3.8) is 0 Å². The number of ether oxygens (including phenoxy) is 1. The van der Waals surface area contributed by atoms with E-state index in [9.17, 15) is 13.2 Å². The van der Waals surface area contributed by atoms with Crippen molar-refractivity contribution in [1.82, 2.24) is 0 Å². The number of anilines is 2. The lowest BCUT2D eigenvalue weighted by molar-refractivity contribution is -0.140. The van der Waals surface area contributed by atoms with Gasteiger partial charge in [0, 0.05) is 0 Å². The molecule has 0 heterocycles. The molecule has 1 rings (SSSR count). The Morgan fingerprint density at radius 3 is 2.68 bits per heavy atom. The number of sulfonamides is 1. The average molecular weight is 307 g/mol. The van der Waals surface area contributed by atoms with E-state index in [1.54, 1.807) is 13.0 Å². The van der Waals surface area contributed by atoms with Crippen molar-refractivity contribution in [2.45, 2.75) is 13.3 Å². The van der Waals surface area contributed by atoms with Crippen LogP contribution in [0.5, 0.6) is 0 Å². The molecule has 0 amide bonds. The number of hydrogen-bond donors (Lipinski definition) is 2. The predicted molar refractivity (Wildman–Crippen MR) is 74.6 cm³/mol. The molecular formula is C11H15ClN2O4S. The van der Waals surface area contributed by atoms with Crippen molar-refractivity contribution in [2.24, 2.45) is 0 Å². The van der Waals surface area contributed by atoms with Gasteiger partial charge in [-0.2, -0.15) is 0 Å². The number of rotatable bonds is 5. The largest absolute Gasteiger partial charge is 0.469 e. The summed E-state index contributed by atoms with van der Waals surface area (Å²) in [6.07, 6.45) is -0.215. The van der Waals surface area contributed by atoms with Crippen molar-refractivity contribution in [2.75, 3.05) is 23.3 Å². The Morgan fingerprint density at radius 1 is 1.47 bits per heavy atom. The van der Waals surface area contributed by atoms with E-state index in [1.165, 1.54) is 13.2 Å². The molecule has 0 spiro atoms. The van der Waals surface area contributed by atoms with Gasteiger partial charge in [-0.05, 0) is 24.6 Å². The summed E-state index contributed by atoms with van der Waals surface area (Å²) in [6, 6.07) is 3.00. The fourth-order valence-electron chi connectivity index (χ4n) is 1.35. The summed E-state index contributed by atoms with van der Waals surface area (Å²) in [5, 5.41) is 0.260. The molecule has 0 aromatic heterocycles. The summed E-state index contributed by atoms with van der Waals surface area (Å²) in [6.45, 7) is 1.70. The van der Waals surface area contributed by atoms with Gasteiger partial charge >= 0.3 is 5.97 Å². The maximum Gasteiger partial charge on any atom is 0.306 e. The van der Waals surface area contributed by atoms with Crippen molar-refractivity contribution in [3.05, 3.63) is 22.7 Å². The Morgan fingerprint density at radius 2 is 2.11 bits per heavy atom. The number of carbonyl (C=O) groups is 1. The van der Waals surface area contributed by atoms with Crippen molar-refractivity contribution in [3.8, 4) is 0 Å². The number of halogens is 1. The monoisotopic (exact) mass is 306 g/mol. The third-order valence-corrected chi connectivity index (χ3v) is 4.01. The Labute approximate surface area is 116 Å². The normalized spacial score (nSPS) is 11.1. The first-order chi connectivity index (χ1) is 8.75. The molecule has 8 heteroatoms. The second kappa shape index (κ2) is 6.12. The number of methoxy groups -OCH3 is 1. The van der Waals surface area contributed by atoms with Crippen LogP contribution in [-0.2, 0) is 19.6 Å². The van der Waals surface area contributed by atoms with Crippen molar-refractivity contribution < 1.29 is 17.9 Å². The number of hydrogen-bond acceptors (Lipinski definition) is 5. The van der Waals surface area contributed by atoms with Gasteiger partial charge in [0.1, 0.15) is 0 Å². The minimum absolute atomic E-state index is 0.215. The molecule has 106 valence electrons. The quantitative estimate of drug-likeness (QED) is 0.635. The zero-order valence-corrected chi connectivity index (χ0v) is 12.1. The minimum atomic E-state index is -3.64. The smallest absolute Gasteiger partial charge is 0.306 e. The van der Waals surface area contributed by atoms with Crippen LogP contribution in [0.25, 0.3) is 0 Å². The lowest BCUT2D eigenvalue weighted by Crippen LogP contribution is -2.20. The molecule has 0 aliphatic rings. The maximum atomic E-state index is 11.8. The number of aryl methyl sites for hydroxylation is 1. The van der Waals surface area contributed by atoms with Gasteiger partial charge in [-0.1, -0.05) is 11.6 Å². The lowest BCUT2D eigenvalue weighted by atomic mass is 10.2. The van der Waals surface area contributed by atoms with E-state index in [0.29, 0.717) is 16.9 Å². The first-order valence-corrected chi connectivity index (χ1v) is 7.41. The molecule has 0 unspecified atom stereocenters. The molecule has 19 heavy (non-hydrogen) atoms. The third-order valence-electron chi connectivity index (χ3n) is 2.41. The van der Waals surface area contributed by atoms with Gasteiger partial charge in [-0.15, -0.1) is 0 Å². The fraction of sp³-hybridized carbons (Fsp3) is 0.364. The van der Waals surface area contributed by atoms with Crippen LogP contribution in [0.1, 0.15) is 12.0 Å². The summed E-state index contributed by atoms with van der Waals surface area (Å²) in [5.41, 5.74) is 6.95. The first-order valence-electron chi connectivity index (χ1n) is 5.38. The van der Waals surface area contributed by atoms with E-state index in [0.717, 1.165) is 0 Å². The summed E-state index contributed by atoms with van der Waals surface area (Å²) < 4.78 is 30.3. The van der Waals surface area contributed by atoms with Crippen LogP contribution in [0, 0.1) is 6.92 Å². The van der Waals surface area contributed by atoms with Gasteiger partial charge < -0.3 is 10.5 Å². The van der Waals surface area contributed by atoms with Crippen molar-refractivity contribution in [1.29, 1.82) is 0 Å². The summed E-state index contributed by atoms with van der Waals surface area (Å²) in [4.78, 5) is 10.9. The van der Waals surface area contributed by atoms with E-state index < -0.39 is 16.0 Å². The van der Waals surface area contributed by atoms with Crippen LogP contribution in [0.2, 0.25) is 5.02 Å². The van der Waals surface area contributed by atoms with Gasteiger partial charge in [0.15, 0.2) is 0 Å². The van der Waals surface area contributed by atoms with E-state index in [4.69, 9.17) is 17.3 Å². The Balaban J connectivity index is 2.84. The fourth-order valence-corrected chi connectivity index (χ4v) is 2.61. The highest BCUT2D eigenvalue weighted by atomic mass is 35.5. The molecule has 0 aliphatic heterocycles. The summed E-state index contributed by atoms with van der Waals surface area (Å²) in [5.74, 6) is -0.946. The molecule has 6 nitrogen and oxygen atoms in total. The number of nitrogen functional groups attached to an aromatic ring is 1. The van der Waals surface area contributed by atoms with Crippen LogP contribution in [0.4, 0.5) is 11.4 Å². The molecule has 3 N–H and O–H groups in total. The molecule has 0 saturated heterocycles. The van der Waals surface area contributed by atoms with Gasteiger partial charge in [0.05, 0.1) is 35.7 Å². The second-order valence-corrected chi connectivity index (χ2v) is 6.18. The standard InChI is InChI=1S/C11H15ClN2O4S/c1-7-5-9(13)8(12)6-10(7)14-19(16,17)4-3-11(15)18-2/h5-6,14H,3-4,13H2,1-2H3. The number of esters is 1. The molecule has 0 bridgehead atoms. The minimum Gasteiger partial charge on any atom is -0.469 e. The Kier molecular flexibility index (Phi) is 5.02. The van der Waals surface area contributed by atoms with Crippen LogP contribution in [0.15, 0.2) is 12.1 Å². The number of nitrogens with two attached hydrogens (primary N) is 1. The van der Waals surface area contributed by atoms with Crippen LogP contribution in [-0.4, -0.2) is 27.2 Å². The lowest BCUT2D eigenvalue weighted by Gasteiger charge is -2.11. The van der Waals surface area contributed by atoms with E-state index in [1.807, 2.05) is 0 Å². The highest BCUT2D eigenvalue weighted by Crippen LogP contribution is 2.27.